The van der Waals surface area contributed by atoms with Crippen molar-refractivity contribution in [1.29, 1.82) is 0 Å². The molecule has 0 atom stereocenters. The average Bonchev–Trinajstić information content (AvgIpc) is 3.46. The molecule has 0 aliphatic carbocycles. The van der Waals surface area contributed by atoms with Crippen LogP contribution in [0.4, 0.5) is 32.0 Å². The van der Waals surface area contributed by atoms with E-state index in [2.05, 4.69) is 9.98 Å². The first-order chi connectivity index (χ1) is 20.7. The fourth-order valence-corrected chi connectivity index (χ4v) is 5.12. The molecule has 4 aromatic carbocycles. The van der Waals surface area contributed by atoms with E-state index in [4.69, 9.17) is 9.47 Å². The zero-order chi connectivity index (χ0) is 31.6. The van der Waals surface area contributed by atoms with Crippen molar-refractivity contribution < 1.29 is 45.4 Å². The number of nitrogens with zero attached hydrogens (tertiary/aromatic N) is 2. The van der Waals surface area contributed by atoms with E-state index in [-0.39, 0.29) is 34.2 Å². The molecule has 4 aromatic rings. The van der Waals surface area contributed by atoms with Crippen LogP contribution in [-0.2, 0) is 21.8 Å². The van der Waals surface area contributed by atoms with Gasteiger partial charge in [-0.2, -0.15) is 26.3 Å². The highest BCUT2D eigenvalue weighted by atomic mass is 19.4. The summed E-state index contributed by atoms with van der Waals surface area (Å²) in [5, 5.41) is 0. The Morgan fingerprint density at radius 2 is 1.09 bits per heavy atom. The summed E-state index contributed by atoms with van der Waals surface area (Å²) in [5.41, 5.74) is -1.53. The Hall–Kier alpha value is -5.26. The van der Waals surface area contributed by atoms with Crippen LogP contribution >= 0.6 is 0 Å². The molecule has 0 aromatic heterocycles. The Balaban J connectivity index is 1.39. The van der Waals surface area contributed by atoms with Crippen molar-refractivity contribution >= 4 is 29.4 Å². The molecule has 12 heteroatoms. The van der Waals surface area contributed by atoms with Crippen LogP contribution in [0.25, 0.3) is 22.3 Å². The topological polar surface area (TPSA) is 77.3 Å². The quantitative estimate of drug-likeness (QED) is 0.174. The number of cyclic esters (lactones) is 2. The van der Waals surface area contributed by atoms with Gasteiger partial charge < -0.3 is 9.47 Å². The summed E-state index contributed by atoms with van der Waals surface area (Å²) in [5.74, 6) is -1.44. The number of halogens is 6. The van der Waals surface area contributed by atoms with Crippen LogP contribution in [0.15, 0.2) is 82.8 Å². The Bertz CT molecular complexity index is 1960. The molecule has 0 unspecified atom stereocenters. The second-order valence-corrected chi connectivity index (χ2v) is 10.0. The molecule has 0 amide bonds. The highest BCUT2D eigenvalue weighted by molar-refractivity contribution is 6.19. The standard InChI is InChI=1S/C32H18F6N2O4/c1-15-3-7-19(25(11-15)31(33,34)35)20-10-6-18(14-26(20)32(36,37)38)40-28-21-8-4-17(13-24(21)30(42)44-28)16-5-9-22-23(12-16)27(39-2)43-29(22)41/h3-14H,1-2H3. The third-order valence-corrected chi connectivity index (χ3v) is 7.16. The summed E-state index contributed by atoms with van der Waals surface area (Å²) < 4.78 is 94.0. The lowest BCUT2D eigenvalue weighted by atomic mass is 9.93. The van der Waals surface area contributed by atoms with Gasteiger partial charge in [0.05, 0.1) is 39.1 Å². The summed E-state index contributed by atoms with van der Waals surface area (Å²) >= 11 is 0. The van der Waals surface area contributed by atoms with Crippen LogP contribution in [-0.4, -0.2) is 30.8 Å². The number of hydrogen-bond donors (Lipinski definition) is 0. The monoisotopic (exact) mass is 608 g/mol. The molecule has 6 rings (SSSR count). The molecule has 0 fully saturated rings. The SMILES string of the molecule is CN=C1OC(=O)c2ccc(-c3ccc4c(c3)C(=O)OC4=Nc3ccc(-c4ccc(C)cc4C(F)(F)F)c(C(F)(F)F)c3)cc21. The summed E-state index contributed by atoms with van der Waals surface area (Å²) in [6.07, 6.45) is -9.91. The summed E-state index contributed by atoms with van der Waals surface area (Å²) in [7, 11) is 1.48. The predicted octanol–water partition coefficient (Wildman–Crippen LogP) is 8.16. The molecule has 6 nitrogen and oxygen atoms in total. The second-order valence-electron chi connectivity index (χ2n) is 10.0. The minimum Gasteiger partial charge on any atom is -0.404 e. The number of ether oxygens (including phenoxy) is 2. The third-order valence-electron chi connectivity index (χ3n) is 7.16. The van der Waals surface area contributed by atoms with Gasteiger partial charge in [-0.15, -0.1) is 0 Å². The number of alkyl halides is 6. The van der Waals surface area contributed by atoms with Gasteiger partial charge in [0.25, 0.3) is 0 Å². The number of aryl methyl sites for hydroxylation is 1. The van der Waals surface area contributed by atoms with Crippen molar-refractivity contribution in [3.05, 3.63) is 112 Å². The van der Waals surface area contributed by atoms with E-state index in [1.165, 1.54) is 32.2 Å². The zero-order valence-electron chi connectivity index (χ0n) is 22.7. The highest BCUT2D eigenvalue weighted by Gasteiger charge is 2.39. The van der Waals surface area contributed by atoms with Gasteiger partial charge in [-0.25, -0.2) is 14.6 Å². The number of carbonyl (C=O) groups is 2. The minimum atomic E-state index is -5.02. The fraction of sp³-hybridized carbons (Fsp3) is 0.125. The first-order valence-electron chi connectivity index (χ1n) is 12.9. The Labute approximate surface area is 245 Å². The Morgan fingerprint density at radius 3 is 1.73 bits per heavy atom. The van der Waals surface area contributed by atoms with E-state index in [0.29, 0.717) is 28.3 Å². The number of benzene rings is 4. The lowest BCUT2D eigenvalue weighted by molar-refractivity contribution is -0.139. The van der Waals surface area contributed by atoms with Gasteiger partial charge in [0.1, 0.15) is 0 Å². The van der Waals surface area contributed by atoms with Crippen molar-refractivity contribution in [2.75, 3.05) is 7.05 Å². The summed E-state index contributed by atoms with van der Waals surface area (Å²) in [6.45, 7) is 1.41. The Kier molecular flexibility index (Phi) is 6.67. The highest BCUT2D eigenvalue weighted by Crippen LogP contribution is 2.44. The first-order valence-corrected chi connectivity index (χ1v) is 12.9. The van der Waals surface area contributed by atoms with Crippen molar-refractivity contribution in [2.24, 2.45) is 9.98 Å². The largest absolute Gasteiger partial charge is 0.417 e. The number of carbonyl (C=O) groups excluding carboxylic acids is 2. The van der Waals surface area contributed by atoms with Gasteiger partial charge in [0, 0.05) is 7.05 Å². The van der Waals surface area contributed by atoms with Crippen molar-refractivity contribution in [3.8, 4) is 22.3 Å². The van der Waals surface area contributed by atoms with Crippen molar-refractivity contribution in [2.45, 2.75) is 19.3 Å². The maximum Gasteiger partial charge on any atom is 0.417 e. The van der Waals surface area contributed by atoms with Crippen LogP contribution in [0.5, 0.6) is 0 Å². The van der Waals surface area contributed by atoms with Crippen molar-refractivity contribution in [1.82, 2.24) is 0 Å². The van der Waals surface area contributed by atoms with Crippen LogP contribution in [0, 0.1) is 6.92 Å². The van der Waals surface area contributed by atoms with E-state index in [1.807, 2.05) is 0 Å². The molecule has 2 aliphatic rings. The van der Waals surface area contributed by atoms with Crippen LogP contribution in [0.3, 0.4) is 0 Å². The summed E-state index contributed by atoms with van der Waals surface area (Å²) in [6, 6.07) is 15.3. The van der Waals surface area contributed by atoms with E-state index >= 15 is 0 Å². The predicted molar refractivity (Wildman–Crippen MR) is 148 cm³/mol. The molecule has 0 radical (unpaired) electrons. The van der Waals surface area contributed by atoms with Gasteiger partial charge in [-0.1, -0.05) is 35.9 Å². The smallest absolute Gasteiger partial charge is 0.404 e. The van der Waals surface area contributed by atoms with Crippen LogP contribution < -0.4 is 0 Å². The lowest BCUT2D eigenvalue weighted by Gasteiger charge is -2.18. The summed E-state index contributed by atoms with van der Waals surface area (Å²) in [4.78, 5) is 32.8. The van der Waals surface area contributed by atoms with Crippen molar-refractivity contribution in [3.63, 3.8) is 0 Å². The number of rotatable bonds is 3. The van der Waals surface area contributed by atoms with Gasteiger partial charge in [0.15, 0.2) is 0 Å². The van der Waals surface area contributed by atoms with E-state index in [1.54, 1.807) is 24.3 Å². The normalized spacial score (nSPS) is 16.3. The molecular formula is C32H18F6N2O4. The molecule has 0 saturated carbocycles. The molecule has 0 N–H and O–H groups in total. The molecule has 0 bridgehead atoms. The molecule has 0 saturated heterocycles. The van der Waals surface area contributed by atoms with Gasteiger partial charge >= 0.3 is 24.3 Å². The maximum atomic E-state index is 14.1. The average molecular weight is 608 g/mol. The van der Waals surface area contributed by atoms with E-state index in [0.717, 1.165) is 24.3 Å². The minimum absolute atomic E-state index is 0.0978. The second kappa shape index (κ2) is 10.2. The maximum absolute atomic E-state index is 14.1. The van der Waals surface area contributed by atoms with Crippen LogP contribution in [0.2, 0.25) is 0 Å². The van der Waals surface area contributed by atoms with Gasteiger partial charge in [0.2, 0.25) is 11.8 Å². The molecule has 44 heavy (non-hydrogen) atoms. The molecule has 0 spiro atoms. The van der Waals surface area contributed by atoms with Gasteiger partial charge in [-0.3, -0.25) is 4.99 Å². The first kappa shape index (κ1) is 28.8. The zero-order valence-corrected chi connectivity index (χ0v) is 22.7. The molecule has 2 heterocycles. The fourth-order valence-electron chi connectivity index (χ4n) is 5.12. The number of hydrogen-bond acceptors (Lipinski definition) is 6. The van der Waals surface area contributed by atoms with Crippen LogP contribution in [0.1, 0.15) is 48.5 Å². The van der Waals surface area contributed by atoms with E-state index in [9.17, 15) is 35.9 Å². The number of fused-ring (bicyclic) bond motifs is 2. The lowest BCUT2D eigenvalue weighted by Crippen LogP contribution is -2.11. The van der Waals surface area contributed by atoms with E-state index < -0.39 is 46.5 Å². The molecule has 222 valence electrons. The Morgan fingerprint density at radius 1 is 0.568 bits per heavy atom. The number of esters is 2. The third kappa shape index (κ3) is 5.01. The van der Waals surface area contributed by atoms with Gasteiger partial charge in [-0.05, 0) is 71.6 Å². The molecular weight excluding hydrogens is 590 g/mol. The number of aliphatic imine (C=N–C) groups is 2. The molecule has 2 aliphatic heterocycles.